The van der Waals surface area contributed by atoms with Gasteiger partial charge in [-0.2, -0.15) is 0 Å². The summed E-state index contributed by atoms with van der Waals surface area (Å²) < 4.78 is 0. The number of nitrogens with zero attached hydrogens (tertiary/aromatic N) is 1. The Hall–Kier alpha value is 0.310. The van der Waals surface area contributed by atoms with Crippen molar-refractivity contribution in [2.24, 2.45) is 0 Å². The smallest absolute Gasteiger partial charge is 0.0435 e. The van der Waals surface area contributed by atoms with Gasteiger partial charge in [-0.05, 0) is 20.4 Å². The fourth-order valence-electron chi connectivity index (χ4n) is 0.258. The topological polar surface area (TPSA) is 3.24 Å². The van der Waals surface area contributed by atoms with Crippen molar-refractivity contribution in [1.29, 1.82) is 0 Å². The molecule has 0 amide bonds. The second-order valence-electron chi connectivity index (χ2n) is 1.50. The minimum Gasteiger partial charge on any atom is -0.300 e. The van der Waals surface area contributed by atoms with Crippen LogP contribution in [0.1, 0.15) is 0 Å². The fourth-order valence-corrected chi connectivity index (χ4v) is 0.775. The van der Waals surface area contributed by atoms with Crippen LogP contribution in [0, 0.1) is 0 Å². The van der Waals surface area contributed by atoms with E-state index in [4.69, 9.17) is 0 Å². The van der Waals surface area contributed by atoms with Crippen molar-refractivity contribution >= 4 is 11.8 Å². The van der Waals surface area contributed by atoms with Crippen LogP contribution in [0.3, 0.4) is 0 Å². The predicted molar refractivity (Wildman–Crippen MR) is 32.1 cm³/mol. The van der Waals surface area contributed by atoms with E-state index in [0.29, 0.717) is 0 Å². The van der Waals surface area contributed by atoms with Crippen LogP contribution in [0.4, 0.5) is 0 Å². The molecule has 0 heterocycles. The maximum absolute atomic E-state index is 2.14. The monoisotopic (exact) mass is 105 g/mol. The van der Waals surface area contributed by atoms with Crippen molar-refractivity contribution < 1.29 is 0 Å². The Balaban J connectivity index is 2.63. The molecule has 38 valence electrons. The van der Waals surface area contributed by atoms with Gasteiger partial charge in [0.05, 0.1) is 0 Å². The molecule has 0 saturated heterocycles. The van der Waals surface area contributed by atoms with Gasteiger partial charge in [-0.1, -0.05) is 0 Å². The van der Waals surface area contributed by atoms with Crippen LogP contribution in [0.15, 0.2) is 0 Å². The first-order valence-electron chi connectivity index (χ1n) is 1.91. The van der Waals surface area contributed by atoms with Gasteiger partial charge in [-0.3, -0.25) is 0 Å². The van der Waals surface area contributed by atoms with Gasteiger partial charge in [-0.25, -0.2) is 0 Å². The predicted octanol–water partition coefficient (Wildman–Crippen LogP) is 0.869. The minimum absolute atomic E-state index is 1.12. The van der Waals surface area contributed by atoms with Gasteiger partial charge in [0.1, 0.15) is 0 Å². The number of hydrogen-bond acceptors (Lipinski definition) is 2. The molecule has 0 aliphatic rings. The van der Waals surface area contributed by atoms with E-state index in [-0.39, 0.29) is 0 Å². The number of rotatable bonds is 2. The zero-order chi connectivity index (χ0) is 4.99. The Labute approximate surface area is 43.7 Å². The first kappa shape index (κ1) is 6.31. The molecule has 0 aromatic carbocycles. The zero-order valence-electron chi connectivity index (χ0n) is 4.56. The first-order valence-corrected chi connectivity index (χ1v) is 3.30. The largest absolute Gasteiger partial charge is 0.300 e. The van der Waals surface area contributed by atoms with Crippen LogP contribution in [-0.2, 0) is 0 Å². The lowest BCUT2D eigenvalue weighted by Gasteiger charge is -2.03. The highest BCUT2D eigenvalue weighted by molar-refractivity contribution is 7.98. The average Bonchev–Trinajstić information content (AvgIpc) is 1.35. The molecule has 1 nitrogen and oxygen atoms in total. The fraction of sp³-hybridized carbons (Fsp3) is 1.00. The summed E-state index contributed by atoms with van der Waals surface area (Å²) in [5.41, 5.74) is 0. The summed E-state index contributed by atoms with van der Waals surface area (Å²) in [7, 11) is 4.13. The van der Waals surface area contributed by atoms with Gasteiger partial charge >= 0.3 is 0 Å². The van der Waals surface area contributed by atoms with Crippen LogP contribution in [0.25, 0.3) is 0 Å². The van der Waals surface area contributed by atoms with E-state index in [1.165, 1.54) is 0 Å². The third-order valence-electron chi connectivity index (χ3n) is 0.387. The molecule has 0 aliphatic carbocycles. The van der Waals surface area contributed by atoms with Crippen molar-refractivity contribution in [2.45, 2.75) is 0 Å². The molecular weight excluding hydrogens is 94.1 g/mol. The third-order valence-corrected chi connectivity index (χ3v) is 1.16. The maximum atomic E-state index is 2.14. The summed E-state index contributed by atoms with van der Waals surface area (Å²) in [6.07, 6.45) is 2.10. The summed E-state index contributed by atoms with van der Waals surface area (Å²) in [6.45, 7) is 0. The summed E-state index contributed by atoms with van der Waals surface area (Å²) in [5.74, 6) is 1.12. The van der Waals surface area contributed by atoms with Crippen molar-refractivity contribution in [3.05, 3.63) is 0 Å². The molecule has 0 N–H and O–H groups in total. The molecular formula is C4H11NS. The van der Waals surface area contributed by atoms with E-state index in [1.54, 1.807) is 0 Å². The van der Waals surface area contributed by atoms with Gasteiger partial charge in [0.25, 0.3) is 0 Å². The van der Waals surface area contributed by atoms with E-state index < -0.39 is 0 Å². The van der Waals surface area contributed by atoms with E-state index in [9.17, 15) is 0 Å². The van der Waals surface area contributed by atoms with E-state index in [0.717, 1.165) is 5.88 Å². The summed E-state index contributed by atoms with van der Waals surface area (Å²) in [4.78, 5) is 2.14. The molecule has 0 atom stereocenters. The number of thioether (sulfide) groups is 1. The molecule has 6 heavy (non-hydrogen) atoms. The summed E-state index contributed by atoms with van der Waals surface area (Å²) in [5, 5.41) is 0. The van der Waals surface area contributed by atoms with Gasteiger partial charge in [-0.15, -0.1) is 11.8 Å². The van der Waals surface area contributed by atoms with Crippen LogP contribution in [-0.4, -0.2) is 31.1 Å². The Morgan fingerprint density at radius 2 is 2.00 bits per heavy atom. The lowest BCUT2D eigenvalue weighted by molar-refractivity contribution is 0.486. The average molecular weight is 105 g/mol. The summed E-state index contributed by atoms with van der Waals surface area (Å²) >= 11 is 1.84. The van der Waals surface area contributed by atoms with Crippen molar-refractivity contribution in [2.75, 3.05) is 26.2 Å². The molecule has 0 aromatic heterocycles. The summed E-state index contributed by atoms with van der Waals surface area (Å²) in [6, 6.07) is 0. The van der Waals surface area contributed by atoms with Crippen LogP contribution >= 0.6 is 11.8 Å². The Bertz CT molecular complexity index is 28.7. The maximum Gasteiger partial charge on any atom is 0.0435 e. The molecule has 0 aromatic rings. The third kappa shape index (κ3) is 4.31. The Morgan fingerprint density at radius 1 is 1.50 bits per heavy atom. The molecule has 0 aliphatic heterocycles. The lowest BCUT2D eigenvalue weighted by atomic mass is 11.0. The van der Waals surface area contributed by atoms with Gasteiger partial charge in [0, 0.05) is 5.88 Å². The van der Waals surface area contributed by atoms with E-state index in [2.05, 4.69) is 25.3 Å². The second-order valence-corrected chi connectivity index (χ2v) is 2.33. The molecule has 2 heteroatoms. The first-order chi connectivity index (χ1) is 2.77. The van der Waals surface area contributed by atoms with Gasteiger partial charge in [0.2, 0.25) is 0 Å². The molecule has 0 saturated carbocycles. The second kappa shape index (κ2) is 3.50. The molecule has 0 radical (unpaired) electrons. The van der Waals surface area contributed by atoms with Crippen molar-refractivity contribution in [1.82, 2.24) is 4.90 Å². The van der Waals surface area contributed by atoms with Crippen LogP contribution in [0.5, 0.6) is 0 Å². The SMILES string of the molecule is CSCN(C)C. The standard InChI is InChI=1S/C4H11NS/c1-5(2)4-6-3/h4H2,1-3H3. The highest BCUT2D eigenvalue weighted by Gasteiger charge is 1.79. The van der Waals surface area contributed by atoms with Gasteiger partial charge in [0.15, 0.2) is 0 Å². The van der Waals surface area contributed by atoms with Crippen molar-refractivity contribution in [3.63, 3.8) is 0 Å². The molecule has 0 spiro atoms. The highest BCUT2D eigenvalue weighted by Crippen LogP contribution is 1.90. The van der Waals surface area contributed by atoms with Crippen LogP contribution < -0.4 is 0 Å². The lowest BCUT2D eigenvalue weighted by Crippen LogP contribution is -2.08. The quantitative estimate of drug-likeness (QED) is 0.479. The Kier molecular flexibility index (Phi) is 3.68. The van der Waals surface area contributed by atoms with Crippen molar-refractivity contribution in [3.8, 4) is 0 Å². The molecule has 0 rings (SSSR count). The molecule has 0 unspecified atom stereocenters. The molecule has 0 fully saturated rings. The highest BCUT2D eigenvalue weighted by atomic mass is 32.2. The van der Waals surface area contributed by atoms with Gasteiger partial charge < -0.3 is 4.90 Å². The van der Waals surface area contributed by atoms with E-state index in [1.807, 2.05) is 11.8 Å². The minimum atomic E-state index is 1.12. The normalized spacial score (nSPS) is 10.0. The zero-order valence-corrected chi connectivity index (χ0v) is 5.38. The van der Waals surface area contributed by atoms with E-state index >= 15 is 0 Å². The van der Waals surface area contributed by atoms with Crippen LogP contribution in [0.2, 0.25) is 0 Å². The Morgan fingerprint density at radius 3 is 2.00 bits per heavy atom. The number of hydrogen-bond donors (Lipinski definition) is 0. The molecule has 0 bridgehead atoms.